The summed E-state index contributed by atoms with van der Waals surface area (Å²) in [4.78, 5) is 26.6. The molecule has 0 spiro atoms. The highest BCUT2D eigenvalue weighted by Gasteiger charge is 2.52. The van der Waals surface area contributed by atoms with Crippen LogP contribution in [0.2, 0.25) is 0 Å². The molecule has 0 aromatic carbocycles. The third kappa shape index (κ3) is 2.27. The maximum atomic E-state index is 12.3. The van der Waals surface area contributed by atoms with E-state index in [1.165, 1.54) is 19.5 Å². The number of esters is 1. The minimum Gasteiger partial charge on any atom is -0.465 e. The van der Waals surface area contributed by atoms with Crippen LogP contribution >= 0.6 is 0 Å². The van der Waals surface area contributed by atoms with E-state index in [1.54, 1.807) is 0 Å². The van der Waals surface area contributed by atoms with Gasteiger partial charge in [-0.3, -0.25) is 4.79 Å². The van der Waals surface area contributed by atoms with E-state index in [1.807, 2.05) is 27.7 Å². The quantitative estimate of drug-likeness (QED) is 0.628. The van der Waals surface area contributed by atoms with Crippen molar-refractivity contribution >= 4 is 18.6 Å². The lowest BCUT2D eigenvalue weighted by Crippen LogP contribution is -2.45. The molecule has 2 rings (SSSR count). The Morgan fingerprint density at radius 1 is 1.20 bits per heavy atom. The largest absolute Gasteiger partial charge is 0.500 e. The second-order valence-corrected chi connectivity index (χ2v) is 5.73. The Balaban J connectivity index is 2.42. The summed E-state index contributed by atoms with van der Waals surface area (Å²) in [6, 6.07) is 0. The van der Waals surface area contributed by atoms with E-state index in [4.69, 9.17) is 9.31 Å². The highest BCUT2D eigenvalue weighted by Crippen LogP contribution is 2.36. The molecule has 2 heterocycles. The first-order chi connectivity index (χ1) is 9.19. The average Bonchev–Trinajstić information content (AvgIpc) is 2.57. The summed E-state index contributed by atoms with van der Waals surface area (Å²) >= 11 is 0. The van der Waals surface area contributed by atoms with E-state index in [2.05, 4.69) is 9.72 Å². The Morgan fingerprint density at radius 3 is 2.25 bits per heavy atom. The fourth-order valence-electron chi connectivity index (χ4n) is 1.91. The van der Waals surface area contributed by atoms with Gasteiger partial charge in [-0.25, -0.2) is 4.79 Å². The van der Waals surface area contributed by atoms with Crippen LogP contribution in [0.4, 0.5) is 0 Å². The van der Waals surface area contributed by atoms with Crippen molar-refractivity contribution < 1.29 is 18.8 Å². The van der Waals surface area contributed by atoms with Crippen LogP contribution in [0.3, 0.4) is 0 Å². The number of rotatable bonds is 2. The lowest BCUT2D eigenvalue weighted by atomic mass is 9.79. The summed E-state index contributed by atoms with van der Waals surface area (Å²) in [6.07, 6.45) is 2.79. The minimum absolute atomic E-state index is 0.0697. The van der Waals surface area contributed by atoms with Crippen LogP contribution in [0.1, 0.15) is 38.1 Å². The monoisotopic (exact) mass is 279 g/mol. The second-order valence-electron chi connectivity index (χ2n) is 5.73. The molecule has 1 aliphatic rings. The van der Waals surface area contributed by atoms with Crippen molar-refractivity contribution in [3.8, 4) is 0 Å². The molecule has 1 saturated heterocycles. The first-order valence-electron chi connectivity index (χ1n) is 6.34. The smallest absolute Gasteiger partial charge is 0.465 e. The number of carbonyl (C=O) groups is 1. The van der Waals surface area contributed by atoms with Crippen molar-refractivity contribution in [2.45, 2.75) is 38.9 Å². The summed E-state index contributed by atoms with van der Waals surface area (Å²) in [6.45, 7) is 7.58. The summed E-state index contributed by atoms with van der Waals surface area (Å²) in [5.41, 5.74) is -1.36. The number of nitrogens with one attached hydrogen (secondary N) is 1. The van der Waals surface area contributed by atoms with Gasteiger partial charge in [0, 0.05) is 17.9 Å². The Morgan fingerprint density at radius 2 is 1.75 bits per heavy atom. The van der Waals surface area contributed by atoms with Crippen molar-refractivity contribution in [3.63, 3.8) is 0 Å². The number of ether oxygens (including phenoxy) is 1. The molecule has 1 aromatic rings. The lowest BCUT2D eigenvalue weighted by Gasteiger charge is -2.32. The molecular formula is C13H18BNO5. The molecule has 1 aromatic heterocycles. The number of hydrogen-bond donors (Lipinski definition) is 1. The van der Waals surface area contributed by atoms with Gasteiger partial charge in [-0.15, -0.1) is 0 Å². The molecular weight excluding hydrogens is 261 g/mol. The van der Waals surface area contributed by atoms with Gasteiger partial charge in [0.2, 0.25) is 0 Å². The molecule has 0 bridgehead atoms. The molecule has 7 heteroatoms. The number of H-pyrrole nitrogens is 1. The first-order valence-corrected chi connectivity index (χ1v) is 6.34. The molecule has 0 amide bonds. The van der Waals surface area contributed by atoms with Crippen LogP contribution in [0, 0.1) is 0 Å². The fraction of sp³-hybridized carbons (Fsp3) is 0.538. The summed E-state index contributed by atoms with van der Waals surface area (Å²) in [5.74, 6) is -0.690. The molecule has 20 heavy (non-hydrogen) atoms. The van der Waals surface area contributed by atoms with Gasteiger partial charge in [0.1, 0.15) is 5.56 Å². The summed E-state index contributed by atoms with van der Waals surface area (Å²) < 4.78 is 16.2. The Bertz CT molecular complexity index is 577. The molecule has 1 fully saturated rings. The number of aromatic nitrogens is 1. The van der Waals surface area contributed by atoms with E-state index in [0.29, 0.717) is 0 Å². The molecule has 0 unspecified atom stereocenters. The number of methoxy groups -OCH3 is 1. The van der Waals surface area contributed by atoms with Gasteiger partial charge < -0.3 is 19.0 Å². The van der Waals surface area contributed by atoms with Crippen molar-refractivity contribution in [2.75, 3.05) is 7.11 Å². The van der Waals surface area contributed by atoms with Crippen molar-refractivity contribution in [1.29, 1.82) is 0 Å². The van der Waals surface area contributed by atoms with Crippen LogP contribution in [0.5, 0.6) is 0 Å². The summed E-state index contributed by atoms with van der Waals surface area (Å²) in [5, 5.41) is 0. The summed E-state index contributed by atoms with van der Waals surface area (Å²) in [7, 11) is 0.414. The van der Waals surface area contributed by atoms with Gasteiger partial charge in [-0.1, -0.05) is 0 Å². The molecule has 108 valence electrons. The normalized spacial score (nSPS) is 19.9. The zero-order valence-corrected chi connectivity index (χ0v) is 12.3. The van der Waals surface area contributed by atoms with Crippen LogP contribution in [0.25, 0.3) is 0 Å². The van der Waals surface area contributed by atoms with Crippen LogP contribution in [-0.4, -0.2) is 36.4 Å². The number of aromatic amines is 1. The van der Waals surface area contributed by atoms with E-state index in [0.717, 1.165) is 0 Å². The van der Waals surface area contributed by atoms with Gasteiger partial charge in [0.15, 0.2) is 5.43 Å². The van der Waals surface area contributed by atoms with Crippen molar-refractivity contribution in [3.05, 3.63) is 28.2 Å². The highest BCUT2D eigenvalue weighted by atomic mass is 16.7. The first kappa shape index (κ1) is 14.8. The molecule has 1 aliphatic heterocycles. The van der Waals surface area contributed by atoms with Crippen LogP contribution < -0.4 is 10.9 Å². The third-order valence-electron chi connectivity index (χ3n) is 3.89. The average molecular weight is 279 g/mol. The van der Waals surface area contributed by atoms with Gasteiger partial charge in [0.25, 0.3) is 0 Å². The zero-order chi connectivity index (χ0) is 15.1. The topological polar surface area (TPSA) is 77.6 Å². The second kappa shape index (κ2) is 4.75. The number of hydrogen-bond acceptors (Lipinski definition) is 5. The maximum Gasteiger partial charge on any atom is 0.500 e. The fourth-order valence-corrected chi connectivity index (χ4v) is 1.91. The Hall–Kier alpha value is -1.60. The minimum atomic E-state index is -0.812. The molecule has 0 aliphatic carbocycles. The number of pyridine rings is 1. The number of carbonyl (C=O) groups excluding carboxylic acids is 1. The standard InChI is InChI=1S/C13H18BNO5/c1-12(2)13(3,4)20-14(19-12)9-7-15-6-8(10(9)16)11(17)18-5/h6-7H,1-5H3,(H,15,16). The maximum absolute atomic E-state index is 12.3. The van der Waals surface area contributed by atoms with Gasteiger partial charge in [-0.05, 0) is 27.7 Å². The predicted molar refractivity (Wildman–Crippen MR) is 74.1 cm³/mol. The molecule has 1 N–H and O–H groups in total. The highest BCUT2D eigenvalue weighted by molar-refractivity contribution is 6.62. The molecule has 6 nitrogen and oxygen atoms in total. The predicted octanol–water partition coefficient (Wildman–Crippen LogP) is 0.461. The van der Waals surface area contributed by atoms with Crippen LogP contribution in [-0.2, 0) is 14.0 Å². The Labute approximate surface area is 117 Å². The zero-order valence-electron chi connectivity index (χ0n) is 12.3. The van der Waals surface area contributed by atoms with E-state index >= 15 is 0 Å². The van der Waals surface area contributed by atoms with E-state index < -0.39 is 29.7 Å². The van der Waals surface area contributed by atoms with E-state index in [-0.39, 0.29) is 11.0 Å². The van der Waals surface area contributed by atoms with E-state index in [9.17, 15) is 9.59 Å². The molecule has 0 radical (unpaired) electrons. The molecule has 0 atom stereocenters. The van der Waals surface area contributed by atoms with Gasteiger partial charge in [0.05, 0.1) is 18.3 Å². The van der Waals surface area contributed by atoms with Crippen LogP contribution in [0.15, 0.2) is 17.2 Å². The van der Waals surface area contributed by atoms with Gasteiger partial charge in [-0.2, -0.15) is 0 Å². The molecule has 0 saturated carbocycles. The Kier molecular flexibility index (Phi) is 3.52. The van der Waals surface area contributed by atoms with Gasteiger partial charge >= 0.3 is 13.1 Å². The lowest BCUT2D eigenvalue weighted by molar-refractivity contribution is 0.00578. The van der Waals surface area contributed by atoms with Crippen molar-refractivity contribution in [2.24, 2.45) is 0 Å². The van der Waals surface area contributed by atoms with Crippen molar-refractivity contribution in [1.82, 2.24) is 4.98 Å². The SMILES string of the molecule is COC(=O)c1c[nH]cc(B2OC(C)(C)C(C)(C)O2)c1=O. The third-order valence-corrected chi connectivity index (χ3v) is 3.89.